The molecule has 3 aromatic carbocycles. The third kappa shape index (κ3) is 2.78. The van der Waals surface area contributed by atoms with Gasteiger partial charge in [-0.1, -0.05) is 77.8 Å². The number of halogens is 2. The molecule has 0 spiro atoms. The fourth-order valence-corrected chi connectivity index (χ4v) is 4.36. The molecule has 2 aliphatic rings. The van der Waals surface area contributed by atoms with Crippen molar-refractivity contribution in [3.8, 4) is 5.75 Å². The summed E-state index contributed by atoms with van der Waals surface area (Å²) in [7, 11) is 0. The van der Waals surface area contributed by atoms with Gasteiger partial charge in [0.05, 0.1) is 27.4 Å². The van der Waals surface area contributed by atoms with Crippen LogP contribution in [0.15, 0.2) is 77.9 Å². The molecule has 0 fully saturated rings. The first kappa shape index (κ1) is 16.7. The minimum Gasteiger partial charge on any atom is -0.464 e. The maximum absolute atomic E-state index is 6.49. The first-order chi connectivity index (χ1) is 13.2. The molecule has 0 unspecified atom stereocenters. The highest BCUT2D eigenvalue weighted by Gasteiger charge is 2.42. The summed E-state index contributed by atoms with van der Waals surface area (Å²) in [5.41, 5.74) is 4.03. The molecule has 0 aromatic heterocycles. The maximum Gasteiger partial charge on any atom is 0.216 e. The Hall–Kier alpha value is -2.49. The highest BCUT2D eigenvalue weighted by Crippen LogP contribution is 2.49. The van der Waals surface area contributed by atoms with Gasteiger partial charge in [0.15, 0.2) is 0 Å². The van der Waals surface area contributed by atoms with Crippen molar-refractivity contribution in [2.24, 2.45) is 5.10 Å². The Balaban J connectivity index is 1.65. The van der Waals surface area contributed by atoms with E-state index >= 15 is 0 Å². The summed E-state index contributed by atoms with van der Waals surface area (Å²) in [5.74, 6) is 0.851. The fraction of sp³-hybridized carbons (Fsp3) is 0.136. The van der Waals surface area contributed by atoms with E-state index in [0.29, 0.717) is 10.0 Å². The van der Waals surface area contributed by atoms with E-state index in [0.717, 1.165) is 34.6 Å². The van der Waals surface area contributed by atoms with Crippen molar-refractivity contribution in [1.82, 2.24) is 5.01 Å². The smallest absolute Gasteiger partial charge is 0.216 e. The number of hydrogen-bond donors (Lipinski definition) is 0. The molecule has 27 heavy (non-hydrogen) atoms. The zero-order chi connectivity index (χ0) is 18.4. The van der Waals surface area contributed by atoms with Crippen LogP contribution in [0.3, 0.4) is 0 Å². The number of ether oxygens (including phenoxy) is 1. The van der Waals surface area contributed by atoms with Gasteiger partial charge in [-0.25, -0.2) is 5.01 Å². The second kappa shape index (κ2) is 6.59. The van der Waals surface area contributed by atoms with E-state index in [1.807, 2.05) is 59.6 Å². The minimum absolute atomic E-state index is 0.0856. The first-order valence-corrected chi connectivity index (χ1v) is 9.58. The summed E-state index contributed by atoms with van der Waals surface area (Å²) in [6, 6.07) is 23.9. The monoisotopic (exact) mass is 394 g/mol. The zero-order valence-electron chi connectivity index (χ0n) is 14.3. The van der Waals surface area contributed by atoms with Crippen molar-refractivity contribution in [1.29, 1.82) is 0 Å². The van der Waals surface area contributed by atoms with E-state index < -0.39 is 6.23 Å². The summed E-state index contributed by atoms with van der Waals surface area (Å²) in [6.07, 6.45) is 0.343. The number of hydrogen-bond acceptors (Lipinski definition) is 3. The second-order valence-electron chi connectivity index (χ2n) is 6.66. The highest BCUT2D eigenvalue weighted by molar-refractivity contribution is 6.36. The Labute approximate surface area is 167 Å². The minimum atomic E-state index is -0.465. The van der Waals surface area contributed by atoms with Gasteiger partial charge in [-0.05, 0) is 23.8 Å². The molecule has 3 nitrogen and oxygen atoms in total. The van der Waals surface area contributed by atoms with Crippen LogP contribution in [-0.4, -0.2) is 10.7 Å². The lowest BCUT2D eigenvalue weighted by Crippen LogP contribution is -2.34. The van der Waals surface area contributed by atoms with E-state index in [1.165, 1.54) is 0 Å². The normalized spacial score (nSPS) is 20.5. The molecule has 0 bridgehead atoms. The van der Waals surface area contributed by atoms with Crippen molar-refractivity contribution in [2.45, 2.75) is 18.7 Å². The predicted molar refractivity (Wildman–Crippen MR) is 108 cm³/mol. The lowest BCUT2D eigenvalue weighted by Gasteiger charge is -2.38. The Bertz CT molecular complexity index is 1020. The van der Waals surface area contributed by atoms with Gasteiger partial charge < -0.3 is 4.74 Å². The number of nitrogens with zero attached hydrogens (tertiary/aromatic N) is 2. The molecule has 2 heterocycles. The molecular weight excluding hydrogens is 379 g/mol. The quantitative estimate of drug-likeness (QED) is 0.513. The molecule has 0 aliphatic carbocycles. The Morgan fingerprint density at radius 1 is 0.852 bits per heavy atom. The van der Waals surface area contributed by atoms with Crippen LogP contribution in [0, 0.1) is 0 Å². The van der Waals surface area contributed by atoms with Crippen molar-refractivity contribution >= 4 is 28.9 Å². The van der Waals surface area contributed by atoms with Gasteiger partial charge >= 0.3 is 0 Å². The molecule has 0 saturated carbocycles. The van der Waals surface area contributed by atoms with Crippen molar-refractivity contribution in [2.75, 3.05) is 0 Å². The number of benzene rings is 3. The largest absolute Gasteiger partial charge is 0.464 e. The summed E-state index contributed by atoms with van der Waals surface area (Å²) >= 11 is 13.0. The van der Waals surface area contributed by atoms with E-state index in [1.54, 1.807) is 0 Å². The van der Waals surface area contributed by atoms with Crippen LogP contribution >= 0.6 is 23.2 Å². The van der Waals surface area contributed by atoms with Gasteiger partial charge in [0.2, 0.25) is 6.23 Å². The van der Waals surface area contributed by atoms with Crippen molar-refractivity contribution < 1.29 is 4.74 Å². The maximum atomic E-state index is 6.49. The van der Waals surface area contributed by atoms with Gasteiger partial charge in [-0.15, -0.1) is 0 Å². The SMILES string of the molecule is Clc1cccc(Cl)c1[C@@H]1Oc2ccccc2[C@@H]2CC(c3ccccc3)=NN21. The van der Waals surface area contributed by atoms with E-state index in [-0.39, 0.29) is 6.04 Å². The summed E-state index contributed by atoms with van der Waals surface area (Å²) in [5, 5.41) is 8.08. The molecule has 0 amide bonds. The van der Waals surface area contributed by atoms with E-state index in [2.05, 4.69) is 18.2 Å². The third-order valence-corrected chi connectivity index (χ3v) is 5.71. The third-order valence-electron chi connectivity index (χ3n) is 5.05. The van der Waals surface area contributed by atoms with Crippen LogP contribution < -0.4 is 4.74 Å². The van der Waals surface area contributed by atoms with Crippen LogP contribution in [0.1, 0.15) is 35.4 Å². The van der Waals surface area contributed by atoms with Crippen LogP contribution in [0.5, 0.6) is 5.75 Å². The number of para-hydroxylation sites is 1. The van der Waals surface area contributed by atoms with Crippen LogP contribution in [-0.2, 0) is 0 Å². The van der Waals surface area contributed by atoms with Crippen molar-refractivity contribution in [3.63, 3.8) is 0 Å². The molecular formula is C22H16Cl2N2O. The topological polar surface area (TPSA) is 24.8 Å². The zero-order valence-corrected chi connectivity index (χ0v) is 15.9. The van der Waals surface area contributed by atoms with Gasteiger partial charge in [-0.3, -0.25) is 0 Å². The van der Waals surface area contributed by atoms with E-state index in [4.69, 9.17) is 33.0 Å². The molecule has 0 N–H and O–H groups in total. The Kier molecular flexibility index (Phi) is 4.07. The molecule has 3 aromatic rings. The van der Waals surface area contributed by atoms with Crippen LogP contribution in [0.25, 0.3) is 0 Å². The molecule has 2 aliphatic heterocycles. The molecule has 5 heteroatoms. The average molecular weight is 395 g/mol. The van der Waals surface area contributed by atoms with E-state index in [9.17, 15) is 0 Å². The lowest BCUT2D eigenvalue weighted by atomic mass is 9.96. The van der Waals surface area contributed by atoms with Gasteiger partial charge in [-0.2, -0.15) is 5.10 Å². The van der Waals surface area contributed by atoms with Crippen LogP contribution in [0.4, 0.5) is 0 Å². The lowest BCUT2D eigenvalue weighted by molar-refractivity contribution is -0.0189. The van der Waals surface area contributed by atoms with Gasteiger partial charge in [0, 0.05) is 12.0 Å². The first-order valence-electron chi connectivity index (χ1n) is 8.83. The fourth-order valence-electron chi connectivity index (χ4n) is 3.78. The van der Waals surface area contributed by atoms with Crippen molar-refractivity contribution in [3.05, 3.63) is 99.5 Å². The number of hydrazone groups is 1. The van der Waals surface area contributed by atoms with Gasteiger partial charge in [0.1, 0.15) is 5.75 Å². The molecule has 5 rings (SSSR count). The summed E-state index contributed by atoms with van der Waals surface area (Å²) < 4.78 is 6.33. The second-order valence-corrected chi connectivity index (χ2v) is 7.47. The standard InChI is InChI=1S/C22H16Cl2N2O/c23-16-10-6-11-17(24)21(16)22-26-19(15-9-4-5-12-20(15)27-22)13-18(25-26)14-7-2-1-3-8-14/h1-12,19,22H,13H2/t19-,22-/m0/s1. The summed E-state index contributed by atoms with van der Waals surface area (Å²) in [6.45, 7) is 0. The molecule has 0 radical (unpaired) electrons. The average Bonchev–Trinajstić information content (AvgIpc) is 3.14. The Morgan fingerprint density at radius 3 is 2.33 bits per heavy atom. The molecule has 2 atom stereocenters. The predicted octanol–water partition coefficient (Wildman–Crippen LogP) is 6.24. The Morgan fingerprint density at radius 2 is 1.56 bits per heavy atom. The molecule has 134 valence electrons. The number of fused-ring (bicyclic) bond motifs is 3. The number of rotatable bonds is 2. The highest BCUT2D eigenvalue weighted by atomic mass is 35.5. The van der Waals surface area contributed by atoms with Gasteiger partial charge in [0.25, 0.3) is 0 Å². The molecule has 0 saturated heterocycles. The van der Waals surface area contributed by atoms with Crippen LogP contribution in [0.2, 0.25) is 10.0 Å². The summed E-state index contributed by atoms with van der Waals surface area (Å²) in [4.78, 5) is 0.